The van der Waals surface area contributed by atoms with Crippen LogP contribution in [0.15, 0.2) is 35.3 Å². The van der Waals surface area contributed by atoms with Crippen molar-refractivity contribution in [2.45, 2.75) is 26.8 Å². The highest BCUT2D eigenvalue weighted by atomic mass is 35.5. The van der Waals surface area contributed by atoms with Crippen LogP contribution >= 0.6 is 34.3 Å². The lowest BCUT2D eigenvalue weighted by molar-refractivity contribution is -0.143. The van der Waals surface area contributed by atoms with Crippen LogP contribution in [0.5, 0.6) is 0 Å². The third kappa shape index (κ3) is 4.41. The summed E-state index contributed by atoms with van der Waals surface area (Å²) in [5.74, 6) is -0.629. The molecule has 2 aromatic heterocycles. The van der Waals surface area contributed by atoms with Gasteiger partial charge in [0.05, 0.1) is 27.6 Å². The highest BCUT2D eigenvalue weighted by molar-refractivity contribution is 7.16. The first-order valence-electron chi connectivity index (χ1n) is 8.03. The lowest BCUT2D eigenvalue weighted by Crippen LogP contribution is -2.23. The maximum atomic E-state index is 12.4. The first-order valence-corrected chi connectivity index (χ1v) is 10.0. The van der Waals surface area contributed by atoms with Crippen LogP contribution in [0.1, 0.15) is 17.4 Å². The van der Waals surface area contributed by atoms with Gasteiger partial charge in [0.1, 0.15) is 6.54 Å². The Morgan fingerprint density at radius 2 is 2.04 bits per heavy atom. The van der Waals surface area contributed by atoms with Gasteiger partial charge >= 0.3 is 5.97 Å². The van der Waals surface area contributed by atoms with Crippen molar-refractivity contribution in [2.75, 3.05) is 6.61 Å². The first kappa shape index (κ1) is 18.8. The van der Waals surface area contributed by atoms with Crippen molar-refractivity contribution in [1.82, 2.24) is 4.57 Å². The Balaban J connectivity index is 1.99. The van der Waals surface area contributed by atoms with Crippen LogP contribution in [0.25, 0.3) is 10.2 Å². The first-order chi connectivity index (χ1) is 12.5. The molecule has 0 saturated heterocycles. The SMILES string of the molecule is CCOC(=O)Cn1c(=NC(=O)Cc2ccc(Cl)s2)sc2cc(C)ccc21. The number of nitrogens with zero attached hydrogens (tertiary/aromatic N) is 2. The highest BCUT2D eigenvalue weighted by Crippen LogP contribution is 2.22. The summed E-state index contributed by atoms with van der Waals surface area (Å²) in [7, 11) is 0. The molecule has 8 heteroatoms. The summed E-state index contributed by atoms with van der Waals surface area (Å²) in [5.41, 5.74) is 1.97. The average Bonchev–Trinajstić information content (AvgIpc) is 3.11. The van der Waals surface area contributed by atoms with Crippen LogP contribution in [-0.2, 0) is 27.3 Å². The second-order valence-corrected chi connectivity index (χ2v) is 8.44. The van der Waals surface area contributed by atoms with Gasteiger partial charge in [0.2, 0.25) is 0 Å². The maximum absolute atomic E-state index is 12.4. The standard InChI is InChI=1S/C18H17ClN2O3S2/c1-3-24-17(23)10-21-13-6-4-11(2)8-14(13)26-18(21)20-16(22)9-12-5-7-15(19)25-12/h4-8H,3,9-10H2,1-2H3. The van der Waals surface area contributed by atoms with E-state index in [1.807, 2.05) is 31.2 Å². The predicted octanol–water partition coefficient (Wildman–Crippen LogP) is 3.96. The quantitative estimate of drug-likeness (QED) is 0.600. The number of aryl methyl sites for hydroxylation is 1. The summed E-state index contributed by atoms with van der Waals surface area (Å²) >= 11 is 8.66. The van der Waals surface area contributed by atoms with E-state index in [1.165, 1.54) is 22.7 Å². The summed E-state index contributed by atoms with van der Waals surface area (Å²) in [4.78, 5) is 29.9. The van der Waals surface area contributed by atoms with E-state index in [4.69, 9.17) is 16.3 Å². The largest absolute Gasteiger partial charge is 0.465 e. The number of carbonyl (C=O) groups is 2. The topological polar surface area (TPSA) is 60.7 Å². The molecule has 0 spiro atoms. The fraction of sp³-hybridized carbons (Fsp3) is 0.278. The summed E-state index contributed by atoms with van der Waals surface area (Å²) in [5, 5.41) is 0. The van der Waals surface area contributed by atoms with Crippen molar-refractivity contribution < 1.29 is 14.3 Å². The molecule has 5 nitrogen and oxygen atoms in total. The number of ether oxygens (including phenoxy) is 1. The van der Waals surface area contributed by atoms with Gasteiger partial charge in [-0.15, -0.1) is 11.3 Å². The summed E-state index contributed by atoms with van der Waals surface area (Å²) in [6, 6.07) is 9.50. The van der Waals surface area contributed by atoms with Gasteiger partial charge in [-0.3, -0.25) is 9.59 Å². The minimum absolute atomic E-state index is 0.0217. The zero-order chi connectivity index (χ0) is 18.7. The number of esters is 1. The summed E-state index contributed by atoms with van der Waals surface area (Å²) in [6.07, 6.45) is 0.185. The minimum Gasteiger partial charge on any atom is -0.465 e. The molecule has 136 valence electrons. The van der Waals surface area contributed by atoms with E-state index in [2.05, 4.69) is 4.99 Å². The predicted molar refractivity (Wildman–Crippen MR) is 105 cm³/mol. The van der Waals surface area contributed by atoms with Crippen molar-refractivity contribution >= 4 is 56.4 Å². The molecular formula is C18H17ClN2O3S2. The number of halogens is 1. The number of benzene rings is 1. The molecule has 0 aliphatic rings. The molecule has 26 heavy (non-hydrogen) atoms. The molecule has 0 atom stereocenters. The van der Waals surface area contributed by atoms with Crippen molar-refractivity contribution in [3.63, 3.8) is 0 Å². The second-order valence-electron chi connectivity index (χ2n) is 5.64. The van der Waals surface area contributed by atoms with E-state index in [0.717, 1.165) is 20.7 Å². The zero-order valence-electron chi connectivity index (χ0n) is 14.3. The lowest BCUT2D eigenvalue weighted by atomic mass is 10.2. The van der Waals surface area contributed by atoms with Crippen LogP contribution in [0.4, 0.5) is 0 Å². The van der Waals surface area contributed by atoms with E-state index in [0.29, 0.717) is 15.7 Å². The van der Waals surface area contributed by atoms with Crippen LogP contribution < -0.4 is 4.80 Å². The van der Waals surface area contributed by atoms with Gasteiger partial charge in [-0.1, -0.05) is 29.0 Å². The van der Waals surface area contributed by atoms with Crippen molar-refractivity contribution in [3.05, 3.63) is 49.9 Å². The van der Waals surface area contributed by atoms with E-state index < -0.39 is 0 Å². The smallest absolute Gasteiger partial charge is 0.326 e. The summed E-state index contributed by atoms with van der Waals surface area (Å²) in [6.45, 7) is 4.09. The molecule has 3 aromatic rings. The number of rotatable bonds is 5. The van der Waals surface area contributed by atoms with Gasteiger partial charge in [0.25, 0.3) is 5.91 Å². The Bertz CT molecular complexity index is 1030. The molecule has 0 N–H and O–H groups in total. The third-order valence-corrected chi connectivity index (χ3v) is 5.88. The van der Waals surface area contributed by atoms with Gasteiger partial charge in [-0.05, 0) is 43.7 Å². The molecule has 3 rings (SSSR count). The number of fused-ring (bicyclic) bond motifs is 1. The molecule has 0 fully saturated rings. The number of amides is 1. The van der Waals surface area contributed by atoms with E-state index in [1.54, 1.807) is 17.6 Å². The van der Waals surface area contributed by atoms with E-state index in [9.17, 15) is 9.59 Å². The highest BCUT2D eigenvalue weighted by Gasteiger charge is 2.13. The van der Waals surface area contributed by atoms with Crippen LogP contribution in [0, 0.1) is 6.92 Å². The molecule has 1 amide bonds. The Hall–Kier alpha value is -1.96. The number of thiophene rings is 1. The van der Waals surface area contributed by atoms with Gasteiger partial charge in [0.15, 0.2) is 4.80 Å². The molecule has 0 aliphatic carbocycles. The number of hydrogen-bond acceptors (Lipinski definition) is 5. The number of carbonyl (C=O) groups excluding carboxylic acids is 2. The van der Waals surface area contributed by atoms with Gasteiger partial charge in [-0.2, -0.15) is 4.99 Å². The third-order valence-electron chi connectivity index (χ3n) is 3.61. The maximum Gasteiger partial charge on any atom is 0.326 e. The monoisotopic (exact) mass is 408 g/mol. The molecule has 0 saturated carbocycles. The Labute approximate surface area is 163 Å². The van der Waals surface area contributed by atoms with Crippen molar-refractivity contribution in [1.29, 1.82) is 0 Å². The Kier molecular flexibility index (Phi) is 5.90. The fourth-order valence-electron chi connectivity index (χ4n) is 2.50. The van der Waals surface area contributed by atoms with E-state index >= 15 is 0 Å². The van der Waals surface area contributed by atoms with Gasteiger partial charge < -0.3 is 9.30 Å². The van der Waals surface area contributed by atoms with Crippen molar-refractivity contribution in [2.24, 2.45) is 4.99 Å². The lowest BCUT2D eigenvalue weighted by Gasteiger charge is -2.05. The molecule has 0 aliphatic heterocycles. The zero-order valence-corrected chi connectivity index (χ0v) is 16.7. The normalized spacial score (nSPS) is 11.9. The van der Waals surface area contributed by atoms with E-state index in [-0.39, 0.29) is 24.8 Å². The molecule has 0 radical (unpaired) electrons. The number of thiazole rings is 1. The van der Waals surface area contributed by atoms with Gasteiger partial charge in [0, 0.05) is 4.88 Å². The molecule has 0 bridgehead atoms. The average molecular weight is 409 g/mol. The molecule has 0 unspecified atom stereocenters. The summed E-state index contributed by atoms with van der Waals surface area (Å²) < 4.78 is 8.40. The van der Waals surface area contributed by atoms with Crippen molar-refractivity contribution in [3.8, 4) is 0 Å². The second kappa shape index (κ2) is 8.16. The van der Waals surface area contributed by atoms with Crippen LogP contribution in [-0.4, -0.2) is 23.1 Å². The van der Waals surface area contributed by atoms with Crippen LogP contribution in [0.3, 0.4) is 0 Å². The Morgan fingerprint density at radius 3 is 2.73 bits per heavy atom. The number of aromatic nitrogens is 1. The van der Waals surface area contributed by atoms with Gasteiger partial charge in [-0.25, -0.2) is 0 Å². The Morgan fingerprint density at radius 1 is 1.23 bits per heavy atom. The van der Waals surface area contributed by atoms with Crippen LogP contribution in [0.2, 0.25) is 4.34 Å². The fourth-order valence-corrected chi connectivity index (χ4v) is 4.72. The molecule has 2 heterocycles. The molecular weight excluding hydrogens is 392 g/mol. The molecule has 1 aromatic carbocycles. The minimum atomic E-state index is -0.355. The number of hydrogen-bond donors (Lipinski definition) is 0.